The Hall–Kier alpha value is -1.80. The summed E-state index contributed by atoms with van der Waals surface area (Å²) in [6.45, 7) is 1.69. The number of anilines is 2. The lowest BCUT2D eigenvalue weighted by Gasteiger charge is -2.25. The molecule has 0 aromatic heterocycles. The minimum absolute atomic E-state index is 0.0691. The molecule has 0 aliphatic carbocycles. The summed E-state index contributed by atoms with van der Waals surface area (Å²) in [6.07, 6.45) is 2.20. The van der Waals surface area contributed by atoms with Crippen molar-refractivity contribution in [2.24, 2.45) is 0 Å². The van der Waals surface area contributed by atoms with Crippen LogP contribution >= 0.6 is 24.0 Å². The van der Waals surface area contributed by atoms with Crippen molar-refractivity contribution in [1.29, 1.82) is 0 Å². The number of ether oxygens (including phenoxy) is 1. The highest BCUT2D eigenvalue weighted by atomic mass is 32.2. The number of carbonyl (C=O) groups excluding carboxylic acids is 2. The van der Waals surface area contributed by atoms with Crippen LogP contribution in [0.25, 0.3) is 0 Å². The van der Waals surface area contributed by atoms with Gasteiger partial charge in [-0.3, -0.25) is 14.5 Å². The molecule has 0 spiro atoms. The van der Waals surface area contributed by atoms with E-state index in [2.05, 4.69) is 10.6 Å². The number of amides is 2. The smallest absolute Gasteiger partial charge is 0.265 e. The van der Waals surface area contributed by atoms with E-state index in [4.69, 9.17) is 17.0 Å². The molecule has 0 radical (unpaired) electrons. The van der Waals surface area contributed by atoms with Crippen LogP contribution in [0.5, 0.6) is 5.75 Å². The summed E-state index contributed by atoms with van der Waals surface area (Å²) >= 11 is 6.98. The van der Waals surface area contributed by atoms with Gasteiger partial charge in [-0.2, -0.15) is 11.8 Å². The van der Waals surface area contributed by atoms with Crippen molar-refractivity contribution >= 4 is 52.3 Å². The molecule has 1 aromatic rings. The van der Waals surface area contributed by atoms with Gasteiger partial charge in [-0.1, -0.05) is 0 Å². The van der Waals surface area contributed by atoms with Crippen molar-refractivity contribution in [3.63, 3.8) is 0 Å². The second kappa shape index (κ2) is 6.37. The Morgan fingerprint density at radius 3 is 2.91 bits per heavy atom. The summed E-state index contributed by atoms with van der Waals surface area (Å²) in [7, 11) is 0. The minimum Gasteiger partial charge on any atom is -0.479 e. The van der Waals surface area contributed by atoms with Crippen molar-refractivity contribution in [2.45, 2.75) is 25.5 Å². The van der Waals surface area contributed by atoms with Gasteiger partial charge in [-0.05, 0) is 55.8 Å². The van der Waals surface area contributed by atoms with Gasteiger partial charge in [0, 0.05) is 0 Å². The van der Waals surface area contributed by atoms with Crippen LogP contribution in [0.1, 0.15) is 13.3 Å². The van der Waals surface area contributed by atoms with Crippen molar-refractivity contribution in [1.82, 2.24) is 5.32 Å². The van der Waals surface area contributed by atoms with Crippen LogP contribution in [-0.4, -0.2) is 41.1 Å². The molecule has 23 heavy (non-hydrogen) atoms. The predicted octanol–water partition coefficient (Wildman–Crippen LogP) is 1.75. The van der Waals surface area contributed by atoms with Crippen molar-refractivity contribution in [2.75, 3.05) is 22.2 Å². The van der Waals surface area contributed by atoms with Gasteiger partial charge in [0.2, 0.25) is 0 Å². The Balaban J connectivity index is 1.85. The quantitative estimate of drug-likeness (QED) is 0.806. The number of thioether (sulfide) groups is 1. The summed E-state index contributed by atoms with van der Waals surface area (Å²) in [6, 6.07) is 4.93. The molecule has 0 saturated carbocycles. The van der Waals surface area contributed by atoms with Gasteiger partial charge in [-0.25, -0.2) is 0 Å². The van der Waals surface area contributed by atoms with E-state index >= 15 is 0 Å². The number of carbonyl (C=O) groups is 2. The molecule has 2 atom stereocenters. The average Bonchev–Trinajstić information content (AvgIpc) is 2.80. The summed E-state index contributed by atoms with van der Waals surface area (Å²) in [5.74, 6) is 1.19. The summed E-state index contributed by atoms with van der Waals surface area (Å²) < 4.78 is 5.52. The second-order valence-corrected chi connectivity index (χ2v) is 6.76. The predicted molar refractivity (Wildman–Crippen MR) is 95.2 cm³/mol. The Kier molecular flexibility index (Phi) is 4.45. The van der Waals surface area contributed by atoms with Gasteiger partial charge in [0.1, 0.15) is 11.8 Å². The highest BCUT2D eigenvalue weighted by Crippen LogP contribution is 2.34. The zero-order valence-electron chi connectivity index (χ0n) is 12.8. The van der Waals surface area contributed by atoms with Gasteiger partial charge in [0.25, 0.3) is 11.8 Å². The number of hydrogen-bond acceptors (Lipinski definition) is 5. The number of benzene rings is 1. The van der Waals surface area contributed by atoms with Gasteiger partial charge in [0.05, 0.1) is 11.4 Å². The monoisotopic (exact) mass is 351 g/mol. The number of nitrogens with zero attached hydrogens (tertiary/aromatic N) is 1. The molecule has 2 amide bonds. The lowest BCUT2D eigenvalue weighted by molar-refractivity contribution is -0.122. The first-order valence-electron chi connectivity index (χ1n) is 7.26. The fourth-order valence-corrected chi connectivity index (χ4v) is 3.35. The van der Waals surface area contributed by atoms with Crippen LogP contribution in [0.2, 0.25) is 0 Å². The molecular formula is C15H17N3O3S2. The third-order valence-electron chi connectivity index (χ3n) is 3.78. The molecule has 122 valence electrons. The zero-order chi connectivity index (χ0) is 16.6. The van der Waals surface area contributed by atoms with Crippen LogP contribution in [0, 0.1) is 0 Å². The molecule has 1 aromatic carbocycles. The highest BCUT2D eigenvalue weighted by molar-refractivity contribution is 7.98. The molecule has 2 unspecified atom stereocenters. The van der Waals surface area contributed by atoms with Crippen molar-refractivity contribution in [3.8, 4) is 5.75 Å². The lowest BCUT2D eigenvalue weighted by atomic mass is 10.2. The maximum atomic E-state index is 12.6. The Morgan fingerprint density at radius 2 is 2.17 bits per heavy atom. The molecule has 1 saturated heterocycles. The first-order chi connectivity index (χ1) is 11.0. The van der Waals surface area contributed by atoms with E-state index in [9.17, 15) is 9.59 Å². The van der Waals surface area contributed by atoms with Gasteiger partial charge >= 0.3 is 0 Å². The van der Waals surface area contributed by atoms with Crippen molar-refractivity contribution in [3.05, 3.63) is 18.2 Å². The van der Waals surface area contributed by atoms with Crippen LogP contribution in [0.3, 0.4) is 0 Å². The van der Waals surface area contributed by atoms with Crippen LogP contribution in [0.4, 0.5) is 11.4 Å². The van der Waals surface area contributed by atoms with E-state index in [0.717, 1.165) is 12.2 Å². The second-order valence-electron chi connectivity index (χ2n) is 5.39. The lowest BCUT2D eigenvalue weighted by Crippen LogP contribution is -2.35. The van der Waals surface area contributed by atoms with Gasteiger partial charge < -0.3 is 15.4 Å². The molecule has 2 aliphatic rings. The molecule has 8 heteroatoms. The number of hydrogen-bond donors (Lipinski definition) is 2. The van der Waals surface area contributed by atoms with E-state index in [1.165, 1.54) is 4.90 Å². The average molecular weight is 351 g/mol. The molecule has 6 nitrogen and oxygen atoms in total. The van der Waals surface area contributed by atoms with E-state index in [1.54, 1.807) is 36.9 Å². The fourth-order valence-electron chi connectivity index (χ4n) is 2.54. The van der Waals surface area contributed by atoms with Crippen LogP contribution < -0.4 is 20.3 Å². The van der Waals surface area contributed by atoms with E-state index in [-0.39, 0.29) is 17.9 Å². The number of thiocarbonyl (C=S) groups is 1. The minimum atomic E-state index is -0.527. The maximum Gasteiger partial charge on any atom is 0.265 e. The molecule has 2 aliphatic heterocycles. The van der Waals surface area contributed by atoms with E-state index < -0.39 is 6.10 Å². The largest absolute Gasteiger partial charge is 0.479 e. The summed E-state index contributed by atoms with van der Waals surface area (Å²) in [5.41, 5.74) is 1.17. The Bertz CT molecular complexity index is 680. The third-order valence-corrected chi connectivity index (χ3v) is 4.73. The third kappa shape index (κ3) is 3.00. The standard InChI is InChI=1S/C15H17N3O3S2/c1-8-13(19)16-11-7-9(3-4-12(11)21-8)18-14(20)10(5-6-23-2)17-15(18)22/h3-4,7-8,10H,5-6H2,1-2H3,(H,16,19)(H,17,22). The SMILES string of the molecule is CSCCC1NC(=S)N(c2ccc3c(c2)NC(=O)C(C)O3)C1=O. The zero-order valence-corrected chi connectivity index (χ0v) is 14.4. The molecule has 0 bridgehead atoms. The number of nitrogens with one attached hydrogen (secondary N) is 2. The summed E-state index contributed by atoms with van der Waals surface area (Å²) in [4.78, 5) is 25.8. The van der Waals surface area contributed by atoms with Gasteiger partial charge in [-0.15, -0.1) is 0 Å². The summed E-state index contributed by atoms with van der Waals surface area (Å²) in [5, 5.41) is 6.23. The topological polar surface area (TPSA) is 70.7 Å². The normalized spacial score (nSPS) is 23.2. The van der Waals surface area contributed by atoms with Gasteiger partial charge in [0.15, 0.2) is 11.2 Å². The Morgan fingerprint density at radius 1 is 1.39 bits per heavy atom. The number of fused-ring (bicyclic) bond motifs is 1. The maximum absolute atomic E-state index is 12.6. The highest BCUT2D eigenvalue weighted by Gasteiger charge is 2.36. The van der Waals surface area contributed by atoms with Crippen molar-refractivity contribution < 1.29 is 14.3 Å². The van der Waals surface area contributed by atoms with E-state index in [1.807, 2.05) is 6.26 Å². The van der Waals surface area contributed by atoms with Crippen LogP contribution in [-0.2, 0) is 9.59 Å². The first kappa shape index (κ1) is 16.1. The molecular weight excluding hydrogens is 334 g/mol. The molecule has 3 rings (SSSR count). The molecule has 1 fully saturated rings. The van der Waals surface area contributed by atoms with Crippen LogP contribution in [0.15, 0.2) is 18.2 Å². The molecule has 2 heterocycles. The Labute approximate surface area is 143 Å². The number of rotatable bonds is 4. The van der Waals surface area contributed by atoms with E-state index in [0.29, 0.717) is 22.2 Å². The molecule has 2 N–H and O–H groups in total. The first-order valence-corrected chi connectivity index (χ1v) is 9.06. The fraction of sp³-hybridized carbons (Fsp3) is 0.400.